The van der Waals surface area contributed by atoms with Gasteiger partial charge in [-0.1, -0.05) is 24.3 Å². The van der Waals surface area contributed by atoms with Crippen molar-refractivity contribution in [3.05, 3.63) is 63.1 Å². The molecule has 0 aliphatic carbocycles. The minimum Gasteiger partial charge on any atom is -0.388 e. The molecule has 0 aliphatic rings. The Bertz CT molecular complexity index is 610. The highest BCUT2D eigenvalue weighted by Gasteiger charge is 2.13. The highest BCUT2D eigenvalue weighted by Crippen LogP contribution is 2.31. The molecule has 0 saturated carbocycles. The normalized spacial score (nSPS) is 12.4. The van der Waals surface area contributed by atoms with Crippen LogP contribution in [0.5, 0.6) is 0 Å². The Labute approximate surface area is 133 Å². The quantitative estimate of drug-likeness (QED) is 0.764. The minimum absolute atomic E-state index is 0.439. The van der Waals surface area contributed by atoms with Crippen LogP contribution in [0.1, 0.15) is 28.4 Å². The fraction of sp³-hybridized carbons (Fsp3) is 0.294. The van der Waals surface area contributed by atoms with Gasteiger partial charge >= 0.3 is 0 Å². The first kappa shape index (κ1) is 15.6. The molecule has 1 N–H and O–H groups in total. The lowest BCUT2D eigenvalue weighted by Gasteiger charge is -2.16. The van der Waals surface area contributed by atoms with Crippen LogP contribution < -0.4 is 0 Å². The van der Waals surface area contributed by atoms with Gasteiger partial charge in [0, 0.05) is 15.1 Å². The van der Waals surface area contributed by atoms with Crippen molar-refractivity contribution in [2.45, 2.75) is 31.8 Å². The van der Waals surface area contributed by atoms with Crippen LogP contribution in [0, 0.1) is 20.8 Å². The van der Waals surface area contributed by atoms with E-state index >= 15 is 0 Å². The van der Waals surface area contributed by atoms with Gasteiger partial charge in [0.15, 0.2) is 0 Å². The minimum atomic E-state index is -0.439. The first-order valence-corrected chi connectivity index (χ1v) is 8.40. The Hall–Kier alpha value is -0.770. The Morgan fingerprint density at radius 2 is 1.70 bits per heavy atom. The van der Waals surface area contributed by atoms with Crippen LogP contribution in [0.3, 0.4) is 0 Å². The zero-order valence-electron chi connectivity index (χ0n) is 12.0. The van der Waals surface area contributed by atoms with Gasteiger partial charge in [-0.05, 0) is 71.1 Å². The van der Waals surface area contributed by atoms with E-state index < -0.39 is 6.10 Å². The van der Waals surface area contributed by atoms with Gasteiger partial charge < -0.3 is 5.11 Å². The molecule has 0 radical (unpaired) electrons. The van der Waals surface area contributed by atoms with Crippen molar-refractivity contribution in [1.29, 1.82) is 0 Å². The van der Waals surface area contributed by atoms with Gasteiger partial charge in [-0.15, -0.1) is 11.8 Å². The molecule has 0 fully saturated rings. The lowest BCUT2D eigenvalue weighted by molar-refractivity contribution is 0.203. The second kappa shape index (κ2) is 6.79. The second-order valence-electron chi connectivity index (χ2n) is 5.05. The van der Waals surface area contributed by atoms with Crippen molar-refractivity contribution >= 4 is 27.7 Å². The maximum absolute atomic E-state index is 10.4. The molecular weight excluding hydrogens is 332 g/mol. The number of halogens is 1. The summed E-state index contributed by atoms with van der Waals surface area (Å²) in [6.07, 6.45) is -0.439. The lowest BCUT2D eigenvalue weighted by Crippen LogP contribution is -2.04. The molecule has 0 saturated heterocycles. The van der Waals surface area contributed by atoms with E-state index in [1.165, 1.54) is 11.1 Å². The number of thioether (sulfide) groups is 1. The fourth-order valence-corrected chi connectivity index (χ4v) is 3.69. The maximum atomic E-state index is 10.4. The van der Waals surface area contributed by atoms with Gasteiger partial charge in [0.05, 0.1) is 6.10 Å². The zero-order chi connectivity index (χ0) is 14.7. The SMILES string of the molecule is Cc1cc(C)c(C(O)CSc2ccccc2Br)cc1C. The van der Waals surface area contributed by atoms with Gasteiger partial charge in [-0.25, -0.2) is 0 Å². The summed E-state index contributed by atoms with van der Waals surface area (Å²) in [7, 11) is 0. The Morgan fingerprint density at radius 1 is 1.05 bits per heavy atom. The predicted octanol–water partition coefficient (Wildman–Crippen LogP) is 5.20. The third-order valence-electron chi connectivity index (χ3n) is 3.47. The standard InChI is InChI=1S/C17H19BrOS/c1-11-8-13(3)14(9-12(11)2)16(19)10-20-17-7-5-4-6-15(17)18/h4-9,16,19H,10H2,1-3H3. The van der Waals surface area contributed by atoms with Gasteiger partial charge in [0.2, 0.25) is 0 Å². The molecule has 1 nitrogen and oxygen atoms in total. The summed E-state index contributed by atoms with van der Waals surface area (Å²) in [5, 5.41) is 10.4. The molecule has 0 aromatic heterocycles. The fourth-order valence-electron chi connectivity index (χ4n) is 2.16. The van der Waals surface area contributed by atoms with Crippen LogP contribution in [0.4, 0.5) is 0 Å². The number of hydrogen-bond donors (Lipinski definition) is 1. The smallest absolute Gasteiger partial charge is 0.0886 e. The van der Waals surface area contributed by atoms with Gasteiger partial charge in [0.1, 0.15) is 0 Å². The highest BCUT2D eigenvalue weighted by molar-refractivity contribution is 9.10. The molecule has 0 amide bonds. The largest absolute Gasteiger partial charge is 0.388 e. The van der Waals surface area contributed by atoms with E-state index in [0.29, 0.717) is 5.75 Å². The van der Waals surface area contributed by atoms with Crippen LogP contribution in [-0.2, 0) is 0 Å². The van der Waals surface area contributed by atoms with Crippen molar-refractivity contribution in [2.24, 2.45) is 0 Å². The Kier molecular flexibility index (Phi) is 5.30. The highest BCUT2D eigenvalue weighted by atomic mass is 79.9. The van der Waals surface area contributed by atoms with Gasteiger partial charge in [-0.3, -0.25) is 0 Å². The molecular formula is C17H19BrOS. The van der Waals surface area contributed by atoms with Crippen LogP contribution in [0.2, 0.25) is 0 Å². The summed E-state index contributed by atoms with van der Waals surface area (Å²) in [4.78, 5) is 1.16. The summed E-state index contributed by atoms with van der Waals surface area (Å²) < 4.78 is 1.08. The van der Waals surface area contributed by atoms with E-state index in [0.717, 1.165) is 20.5 Å². The van der Waals surface area contributed by atoms with E-state index in [2.05, 4.69) is 54.9 Å². The molecule has 2 aromatic carbocycles. The molecule has 0 bridgehead atoms. The summed E-state index contributed by atoms with van der Waals surface area (Å²) in [5.74, 6) is 0.659. The molecule has 0 spiro atoms. The third kappa shape index (κ3) is 3.66. The average Bonchev–Trinajstić information content (AvgIpc) is 2.41. The van der Waals surface area contributed by atoms with E-state index in [4.69, 9.17) is 0 Å². The lowest BCUT2D eigenvalue weighted by atomic mass is 9.98. The molecule has 20 heavy (non-hydrogen) atoms. The van der Waals surface area contributed by atoms with Crippen LogP contribution in [0.15, 0.2) is 45.8 Å². The van der Waals surface area contributed by atoms with Gasteiger partial charge in [-0.2, -0.15) is 0 Å². The monoisotopic (exact) mass is 350 g/mol. The molecule has 1 unspecified atom stereocenters. The zero-order valence-corrected chi connectivity index (χ0v) is 14.4. The molecule has 2 rings (SSSR count). The predicted molar refractivity (Wildman–Crippen MR) is 90.5 cm³/mol. The number of aliphatic hydroxyl groups is 1. The van der Waals surface area contributed by atoms with Crippen molar-refractivity contribution < 1.29 is 5.11 Å². The number of hydrogen-bond acceptors (Lipinski definition) is 2. The molecule has 0 aliphatic heterocycles. The first-order chi connectivity index (χ1) is 9.49. The Morgan fingerprint density at radius 3 is 2.40 bits per heavy atom. The molecule has 2 aromatic rings. The molecule has 1 atom stereocenters. The van der Waals surface area contributed by atoms with Gasteiger partial charge in [0.25, 0.3) is 0 Å². The third-order valence-corrected chi connectivity index (χ3v) is 5.58. The number of aryl methyl sites for hydroxylation is 3. The van der Waals surface area contributed by atoms with Crippen molar-refractivity contribution in [1.82, 2.24) is 0 Å². The van der Waals surface area contributed by atoms with E-state index in [1.54, 1.807) is 11.8 Å². The summed E-state index contributed by atoms with van der Waals surface area (Å²) in [6, 6.07) is 12.4. The Balaban J connectivity index is 2.11. The van der Waals surface area contributed by atoms with Crippen LogP contribution >= 0.6 is 27.7 Å². The van der Waals surface area contributed by atoms with Crippen LogP contribution in [0.25, 0.3) is 0 Å². The first-order valence-electron chi connectivity index (χ1n) is 6.62. The topological polar surface area (TPSA) is 20.2 Å². The second-order valence-corrected chi connectivity index (χ2v) is 6.97. The summed E-state index contributed by atoms with van der Waals surface area (Å²) >= 11 is 5.21. The van der Waals surface area contributed by atoms with Crippen molar-refractivity contribution in [3.63, 3.8) is 0 Å². The van der Waals surface area contributed by atoms with Crippen molar-refractivity contribution in [2.75, 3.05) is 5.75 Å². The summed E-state index contributed by atoms with van der Waals surface area (Å²) in [6.45, 7) is 6.26. The maximum Gasteiger partial charge on any atom is 0.0886 e. The summed E-state index contributed by atoms with van der Waals surface area (Å²) in [5.41, 5.74) is 4.70. The van der Waals surface area contributed by atoms with E-state index in [-0.39, 0.29) is 0 Å². The molecule has 106 valence electrons. The number of rotatable bonds is 4. The van der Waals surface area contributed by atoms with E-state index in [1.807, 2.05) is 18.2 Å². The van der Waals surface area contributed by atoms with Crippen LogP contribution in [-0.4, -0.2) is 10.9 Å². The number of aliphatic hydroxyl groups excluding tert-OH is 1. The molecule has 3 heteroatoms. The van der Waals surface area contributed by atoms with Crippen molar-refractivity contribution in [3.8, 4) is 0 Å². The van der Waals surface area contributed by atoms with E-state index in [9.17, 15) is 5.11 Å². The average molecular weight is 351 g/mol. The molecule has 0 heterocycles. The number of benzene rings is 2.